The fourth-order valence-corrected chi connectivity index (χ4v) is 5.70. The van der Waals surface area contributed by atoms with Crippen LogP contribution in [0.2, 0.25) is 24.2 Å². The van der Waals surface area contributed by atoms with E-state index in [1.165, 1.54) is 37.0 Å². The predicted octanol–water partition coefficient (Wildman–Crippen LogP) is 4.63. The van der Waals surface area contributed by atoms with Crippen molar-refractivity contribution in [3.8, 4) is 0 Å². The molecule has 0 aliphatic carbocycles. The van der Waals surface area contributed by atoms with Crippen LogP contribution < -0.4 is 0 Å². The molecule has 0 aromatic carbocycles. The Morgan fingerprint density at radius 1 is 0.923 bits per heavy atom. The highest BCUT2D eigenvalue weighted by atomic mass is 28.3. The van der Waals surface area contributed by atoms with Gasteiger partial charge in [-0.3, -0.25) is 0 Å². The monoisotopic (exact) mass is 196 g/mol. The summed E-state index contributed by atoms with van der Waals surface area (Å²) in [6.45, 7) is 12.4. The van der Waals surface area contributed by atoms with Crippen molar-refractivity contribution in [1.82, 2.24) is 0 Å². The summed E-state index contributed by atoms with van der Waals surface area (Å²) in [6, 6.07) is 5.70. The van der Waals surface area contributed by atoms with Crippen LogP contribution in [0.5, 0.6) is 0 Å². The van der Waals surface area contributed by atoms with Crippen molar-refractivity contribution in [3.05, 3.63) is 25.3 Å². The lowest BCUT2D eigenvalue weighted by Crippen LogP contribution is -2.31. The van der Waals surface area contributed by atoms with Crippen molar-refractivity contribution in [2.24, 2.45) is 0 Å². The van der Waals surface area contributed by atoms with Crippen LogP contribution in [-0.4, -0.2) is 8.07 Å². The largest absolute Gasteiger partial charge is 0.103 e. The van der Waals surface area contributed by atoms with Gasteiger partial charge in [0.05, 0.1) is 8.07 Å². The highest BCUT2D eigenvalue weighted by molar-refractivity contribution is 6.79. The van der Waals surface area contributed by atoms with Crippen LogP contribution in [0.1, 0.15) is 26.7 Å². The van der Waals surface area contributed by atoms with Gasteiger partial charge in [0.1, 0.15) is 0 Å². The van der Waals surface area contributed by atoms with E-state index in [1.807, 2.05) is 0 Å². The number of allylic oxidation sites excluding steroid dienone is 2. The van der Waals surface area contributed by atoms with Gasteiger partial charge in [0.2, 0.25) is 0 Å². The number of hydrogen-bond donors (Lipinski definition) is 0. The Bertz CT molecular complexity index is 131. The van der Waals surface area contributed by atoms with Crippen LogP contribution in [0.3, 0.4) is 0 Å². The molecule has 0 aliphatic rings. The third-order valence-electron chi connectivity index (χ3n) is 3.26. The van der Waals surface area contributed by atoms with Gasteiger partial charge in [-0.1, -0.05) is 50.2 Å². The lowest BCUT2D eigenvalue weighted by molar-refractivity contribution is 1.02. The first-order valence-electron chi connectivity index (χ1n) is 5.46. The SMILES string of the molecule is C=CCC[Si](CC)(CC)CCC=C. The molecule has 13 heavy (non-hydrogen) atoms. The van der Waals surface area contributed by atoms with Gasteiger partial charge in [-0.25, -0.2) is 0 Å². The van der Waals surface area contributed by atoms with Crippen LogP contribution in [0, 0.1) is 0 Å². The summed E-state index contributed by atoms with van der Waals surface area (Å²) >= 11 is 0. The summed E-state index contributed by atoms with van der Waals surface area (Å²) in [5.74, 6) is 0. The Kier molecular flexibility index (Phi) is 6.97. The van der Waals surface area contributed by atoms with Crippen molar-refractivity contribution in [1.29, 1.82) is 0 Å². The fraction of sp³-hybridized carbons (Fsp3) is 0.667. The van der Waals surface area contributed by atoms with Crippen molar-refractivity contribution < 1.29 is 0 Å². The molecule has 0 spiro atoms. The minimum absolute atomic E-state index is 0.928. The average Bonchev–Trinajstić information content (AvgIpc) is 2.20. The van der Waals surface area contributed by atoms with E-state index in [0.29, 0.717) is 0 Å². The van der Waals surface area contributed by atoms with E-state index in [0.717, 1.165) is 0 Å². The maximum atomic E-state index is 3.81. The van der Waals surface area contributed by atoms with Crippen molar-refractivity contribution in [2.75, 3.05) is 0 Å². The van der Waals surface area contributed by atoms with E-state index >= 15 is 0 Å². The van der Waals surface area contributed by atoms with Gasteiger partial charge in [0.25, 0.3) is 0 Å². The second-order valence-electron chi connectivity index (χ2n) is 3.86. The van der Waals surface area contributed by atoms with Gasteiger partial charge in [-0.05, 0) is 12.8 Å². The summed E-state index contributed by atoms with van der Waals surface area (Å²) < 4.78 is 0. The number of hydrogen-bond acceptors (Lipinski definition) is 0. The quantitative estimate of drug-likeness (QED) is 0.392. The molecule has 0 atom stereocenters. The van der Waals surface area contributed by atoms with Gasteiger partial charge in [-0.2, -0.15) is 0 Å². The van der Waals surface area contributed by atoms with Gasteiger partial charge < -0.3 is 0 Å². The van der Waals surface area contributed by atoms with Crippen molar-refractivity contribution in [2.45, 2.75) is 50.9 Å². The zero-order chi connectivity index (χ0) is 10.2. The molecule has 0 radical (unpaired) electrons. The van der Waals surface area contributed by atoms with Gasteiger partial charge in [-0.15, -0.1) is 13.2 Å². The highest BCUT2D eigenvalue weighted by Crippen LogP contribution is 2.28. The van der Waals surface area contributed by atoms with Crippen LogP contribution >= 0.6 is 0 Å². The molecule has 0 saturated carbocycles. The summed E-state index contributed by atoms with van der Waals surface area (Å²) in [5.41, 5.74) is 0. The molecule has 0 N–H and O–H groups in total. The first-order chi connectivity index (χ1) is 6.24. The Morgan fingerprint density at radius 3 is 1.54 bits per heavy atom. The second-order valence-corrected chi connectivity index (χ2v) is 9.28. The van der Waals surface area contributed by atoms with E-state index in [4.69, 9.17) is 0 Å². The minimum atomic E-state index is -0.928. The van der Waals surface area contributed by atoms with Crippen LogP contribution in [-0.2, 0) is 0 Å². The zero-order valence-corrected chi connectivity index (χ0v) is 10.3. The van der Waals surface area contributed by atoms with Crippen LogP contribution in [0.25, 0.3) is 0 Å². The molecule has 0 nitrogen and oxygen atoms in total. The summed E-state index contributed by atoms with van der Waals surface area (Å²) in [6.07, 6.45) is 6.57. The first-order valence-corrected chi connectivity index (χ1v) is 8.29. The first kappa shape index (κ1) is 12.7. The molecule has 0 saturated heterocycles. The Hall–Kier alpha value is -0.303. The molecule has 0 aromatic rings. The Balaban J connectivity index is 4.11. The van der Waals surface area contributed by atoms with E-state index < -0.39 is 8.07 Å². The second kappa shape index (κ2) is 7.13. The van der Waals surface area contributed by atoms with E-state index in [1.54, 1.807) is 0 Å². The lowest BCUT2D eigenvalue weighted by atomic mass is 10.5. The lowest BCUT2D eigenvalue weighted by Gasteiger charge is -2.28. The molecule has 0 aromatic heterocycles. The van der Waals surface area contributed by atoms with Crippen LogP contribution in [0.4, 0.5) is 0 Å². The third-order valence-corrected chi connectivity index (χ3v) is 8.96. The smallest absolute Gasteiger partial charge is 0.0536 e. The number of rotatable bonds is 8. The molecule has 0 unspecified atom stereocenters. The molecular weight excluding hydrogens is 172 g/mol. The minimum Gasteiger partial charge on any atom is -0.103 e. The average molecular weight is 196 g/mol. The molecule has 0 fully saturated rings. The zero-order valence-electron chi connectivity index (χ0n) is 9.31. The molecular formula is C12H24Si. The molecule has 0 amide bonds. The van der Waals surface area contributed by atoms with Gasteiger partial charge in [0, 0.05) is 0 Å². The maximum absolute atomic E-state index is 3.81. The van der Waals surface area contributed by atoms with Crippen LogP contribution in [0.15, 0.2) is 25.3 Å². The van der Waals surface area contributed by atoms with E-state index in [2.05, 4.69) is 39.2 Å². The maximum Gasteiger partial charge on any atom is 0.0536 e. The van der Waals surface area contributed by atoms with Gasteiger partial charge in [0.15, 0.2) is 0 Å². The molecule has 76 valence electrons. The standard InChI is InChI=1S/C12H24Si/c1-5-9-11-13(7-3,8-4)12-10-6-2/h5-6H,1-2,7-12H2,3-4H3. The summed E-state index contributed by atoms with van der Waals surface area (Å²) in [5, 5.41) is 0. The molecule has 1 heteroatoms. The summed E-state index contributed by atoms with van der Waals surface area (Å²) in [7, 11) is -0.928. The predicted molar refractivity (Wildman–Crippen MR) is 66.0 cm³/mol. The van der Waals surface area contributed by atoms with E-state index in [9.17, 15) is 0 Å². The van der Waals surface area contributed by atoms with Gasteiger partial charge >= 0.3 is 0 Å². The third kappa shape index (κ3) is 4.46. The Labute approximate surface area is 84.8 Å². The summed E-state index contributed by atoms with van der Waals surface area (Å²) in [4.78, 5) is 0. The molecule has 0 bridgehead atoms. The molecule has 0 heterocycles. The van der Waals surface area contributed by atoms with Crippen molar-refractivity contribution in [3.63, 3.8) is 0 Å². The topological polar surface area (TPSA) is 0 Å². The van der Waals surface area contributed by atoms with E-state index in [-0.39, 0.29) is 0 Å². The highest BCUT2D eigenvalue weighted by Gasteiger charge is 2.26. The molecule has 0 rings (SSSR count). The fourth-order valence-electron chi connectivity index (χ4n) is 1.90. The normalized spacial score (nSPS) is 11.2. The van der Waals surface area contributed by atoms with Crippen molar-refractivity contribution >= 4 is 8.07 Å². The Morgan fingerprint density at radius 2 is 1.31 bits per heavy atom. The molecule has 0 aliphatic heterocycles.